The van der Waals surface area contributed by atoms with E-state index in [-0.39, 0.29) is 16.7 Å². The van der Waals surface area contributed by atoms with Crippen molar-refractivity contribution in [3.8, 4) is 0 Å². The second kappa shape index (κ2) is 4.23. The number of benzene rings is 1. The molecule has 2 rings (SSSR count). The Kier molecular flexibility index (Phi) is 3.05. The average molecular weight is 253 g/mol. The molecule has 0 radical (unpaired) electrons. The molecule has 1 aliphatic rings. The van der Waals surface area contributed by atoms with Crippen LogP contribution in [0.1, 0.15) is 30.6 Å². The second-order valence-corrected chi connectivity index (χ2v) is 6.24. The molecule has 2 atom stereocenters. The zero-order valence-corrected chi connectivity index (χ0v) is 10.6. The molecule has 0 bridgehead atoms. The van der Waals surface area contributed by atoms with Gasteiger partial charge in [-0.15, -0.1) is 0 Å². The van der Waals surface area contributed by atoms with Crippen LogP contribution < -0.4 is 4.72 Å². The van der Waals surface area contributed by atoms with Gasteiger partial charge in [-0.2, -0.15) is 0 Å². The van der Waals surface area contributed by atoms with Gasteiger partial charge in [0.15, 0.2) is 5.78 Å². The fourth-order valence-electron chi connectivity index (χ4n) is 1.62. The number of hydrogen-bond donors (Lipinski definition) is 1. The molecule has 17 heavy (non-hydrogen) atoms. The first-order valence-electron chi connectivity index (χ1n) is 5.53. The quantitative estimate of drug-likeness (QED) is 0.828. The summed E-state index contributed by atoms with van der Waals surface area (Å²) in [4.78, 5) is 11.3. The maximum absolute atomic E-state index is 11.9. The average Bonchev–Trinajstić information content (AvgIpc) is 2.93. The highest BCUT2D eigenvalue weighted by atomic mass is 32.2. The van der Waals surface area contributed by atoms with E-state index in [1.165, 1.54) is 31.2 Å². The molecule has 0 amide bonds. The van der Waals surface area contributed by atoms with E-state index in [4.69, 9.17) is 0 Å². The maximum atomic E-state index is 11.9. The van der Waals surface area contributed by atoms with Gasteiger partial charge < -0.3 is 0 Å². The Hall–Kier alpha value is -1.20. The summed E-state index contributed by atoms with van der Waals surface area (Å²) in [6.07, 6.45) is 0.894. The predicted octanol–water partition coefficient (Wildman–Crippen LogP) is 1.58. The number of Topliss-reactive ketones (excluding diaryl/α,β-unsaturated/α-hetero) is 1. The van der Waals surface area contributed by atoms with Gasteiger partial charge in [0.25, 0.3) is 0 Å². The van der Waals surface area contributed by atoms with E-state index in [1.54, 1.807) is 0 Å². The van der Waals surface area contributed by atoms with Gasteiger partial charge in [0.2, 0.25) is 10.0 Å². The molecule has 1 N–H and O–H groups in total. The molecule has 1 aromatic carbocycles. The van der Waals surface area contributed by atoms with Gasteiger partial charge in [0.1, 0.15) is 0 Å². The molecule has 1 aliphatic carbocycles. The summed E-state index contributed by atoms with van der Waals surface area (Å²) in [5, 5.41) is 0. The van der Waals surface area contributed by atoms with Crippen LogP contribution in [0.5, 0.6) is 0 Å². The standard InChI is InChI=1S/C12H15NO3S/c1-8-7-12(8)13-17(15,16)11-5-3-10(4-6-11)9(2)14/h3-6,8,12-13H,7H2,1-2H3. The monoisotopic (exact) mass is 253 g/mol. The van der Waals surface area contributed by atoms with Crippen LogP contribution in [0.15, 0.2) is 29.2 Å². The largest absolute Gasteiger partial charge is 0.295 e. The minimum Gasteiger partial charge on any atom is -0.295 e. The normalized spacial score (nSPS) is 23.4. The van der Waals surface area contributed by atoms with Crippen molar-refractivity contribution >= 4 is 15.8 Å². The van der Waals surface area contributed by atoms with E-state index in [2.05, 4.69) is 4.72 Å². The fraction of sp³-hybridized carbons (Fsp3) is 0.417. The van der Waals surface area contributed by atoms with Crippen LogP contribution in [0, 0.1) is 5.92 Å². The Labute approximate surface area is 101 Å². The van der Waals surface area contributed by atoms with Crippen LogP contribution in [-0.2, 0) is 10.0 Å². The predicted molar refractivity (Wildman–Crippen MR) is 64.3 cm³/mol. The van der Waals surface area contributed by atoms with Crippen molar-refractivity contribution in [1.82, 2.24) is 4.72 Å². The number of nitrogens with one attached hydrogen (secondary N) is 1. The van der Waals surface area contributed by atoms with E-state index in [0.29, 0.717) is 11.5 Å². The molecule has 2 unspecified atom stereocenters. The molecular weight excluding hydrogens is 238 g/mol. The summed E-state index contributed by atoms with van der Waals surface area (Å²) < 4.78 is 26.5. The lowest BCUT2D eigenvalue weighted by molar-refractivity contribution is 0.101. The molecule has 1 aromatic rings. The number of ketones is 1. The van der Waals surface area contributed by atoms with Gasteiger partial charge >= 0.3 is 0 Å². The Morgan fingerprint density at radius 3 is 2.24 bits per heavy atom. The number of sulfonamides is 1. The molecule has 4 nitrogen and oxygen atoms in total. The highest BCUT2D eigenvalue weighted by molar-refractivity contribution is 7.89. The molecule has 0 aromatic heterocycles. The van der Waals surface area contributed by atoms with Gasteiger partial charge in [0.05, 0.1) is 4.90 Å². The highest BCUT2D eigenvalue weighted by Gasteiger charge is 2.36. The lowest BCUT2D eigenvalue weighted by Crippen LogP contribution is -2.26. The van der Waals surface area contributed by atoms with Gasteiger partial charge in [-0.05, 0) is 31.4 Å². The minimum absolute atomic E-state index is 0.0625. The Morgan fingerprint density at radius 2 is 1.82 bits per heavy atom. The van der Waals surface area contributed by atoms with Crippen molar-refractivity contribution < 1.29 is 13.2 Å². The highest BCUT2D eigenvalue weighted by Crippen LogP contribution is 2.30. The van der Waals surface area contributed by atoms with Gasteiger partial charge in [-0.1, -0.05) is 19.1 Å². The van der Waals surface area contributed by atoms with E-state index < -0.39 is 10.0 Å². The summed E-state index contributed by atoms with van der Waals surface area (Å²) in [6, 6.07) is 6.06. The number of hydrogen-bond acceptors (Lipinski definition) is 3. The van der Waals surface area contributed by atoms with Gasteiger partial charge in [0, 0.05) is 11.6 Å². The van der Waals surface area contributed by atoms with Gasteiger partial charge in [-0.25, -0.2) is 13.1 Å². The van der Waals surface area contributed by atoms with Crippen molar-refractivity contribution in [3.05, 3.63) is 29.8 Å². The smallest absolute Gasteiger partial charge is 0.240 e. The first-order valence-corrected chi connectivity index (χ1v) is 7.02. The van der Waals surface area contributed by atoms with Gasteiger partial charge in [-0.3, -0.25) is 4.79 Å². The molecule has 0 heterocycles. The summed E-state index contributed by atoms with van der Waals surface area (Å²) in [5.41, 5.74) is 0.517. The SMILES string of the molecule is CC(=O)c1ccc(S(=O)(=O)NC2CC2C)cc1. The molecule has 1 saturated carbocycles. The summed E-state index contributed by atoms with van der Waals surface area (Å²) in [7, 11) is -3.43. The van der Waals surface area contributed by atoms with Crippen molar-refractivity contribution in [2.24, 2.45) is 5.92 Å². The van der Waals surface area contributed by atoms with Crippen molar-refractivity contribution in [1.29, 1.82) is 0 Å². The van der Waals surface area contributed by atoms with Crippen molar-refractivity contribution in [2.45, 2.75) is 31.2 Å². The molecule has 92 valence electrons. The second-order valence-electron chi connectivity index (χ2n) is 4.52. The summed E-state index contributed by atoms with van der Waals surface area (Å²) >= 11 is 0. The topological polar surface area (TPSA) is 63.2 Å². The molecule has 5 heteroatoms. The Morgan fingerprint density at radius 1 is 1.29 bits per heavy atom. The maximum Gasteiger partial charge on any atom is 0.240 e. The third-order valence-corrected chi connectivity index (χ3v) is 4.49. The molecule has 0 saturated heterocycles. The van der Waals surface area contributed by atoms with E-state index >= 15 is 0 Å². The Bertz CT molecular complexity index is 533. The number of carbonyl (C=O) groups excluding carboxylic acids is 1. The number of carbonyl (C=O) groups is 1. The lowest BCUT2D eigenvalue weighted by atomic mass is 10.2. The van der Waals surface area contributed by atoms with Crippen LogP contribution in [0.4, 0.5) is 0 Å². The molecule has 1 fully saturated rings. The third-order valence-electron chi connectivity index (χ3n) is 2.99. The van der Waals surface area contributed by atoms with Crippen LogP contribution in [-0.4, -0.2) is 20.2 Å². The van der Waals surface area contributed by atoms with E-state index in [9.17, 15) is 13.2 Å². The summed E-state index contributed by atoms with van der Waals surface area (Å²) in [5.74, 6) is 0.346. The van der Waals surface area contributed by atoms with Crippen LogP contribution in [0.25, 0.3) is 0 Å². The molecular formula is C12H15NO3S. The van der Waals surface area contributed by atoms with Crippen molar-refractivity contribution in [2.75, 3.05) is 0 Å². The Balaban J connectivity index is 2.18. The zero-order valence-electron chi connectivity index (χ0n) is 9.80. The molecule has 0 aliphatic heterocycles. The number of rotatable bonds is 4. The first kappa shape index (κ1) is 12.3. The van der Waals surface area contributed by atoms with Crippen LogP contribution >= 0.6 is 0 Å². The minimum atomic E-state index is -3.43. The zero-order chi connectivity index (χ0) is 12.6. The van der Waals surface area contributed by atoms with E-state index in [1.807, 2.05) is 6.92 Å². The first-order chi connectivity index (χ1) is 7.90. The van der Waals surface area contributed by atoms with Crippen LogP contribution in [0.2, 0.25) is 0 Å². The lowest BCUT2D eigenvalue weighted by Gasteiger charge is -2.06. The summed E-state index contributed by atoms with van der Waals surface area (Å²) in [6.45, 7) is 3.46. The fourth-order valence-corrected chi connectivity index (χ4v) is 2.98. The van der Waals surface area contributed by atoms with Crippen molar-refractivity contribution in [3.63, 3.8) is 0 Å². The molecule has 0 spiro atoms. The third kappa shape index (κ3) is 2.73. The van der Waals surface area contributed by atoms with E-state index in [0.717, 1.165) is 6.42 Å². The van der Waals surface area contributed by atoms with Crippen LogP contribution in [0.3, 0.4) is 0 Å².